The van der Waals surface area contributed by atoms with Crippen LogP contribution in [0.15, 0.2) is 41.5 Å². The van der Waals surface area contributed by atoms with Gasteiger partial charge < -0.3 is 9.47 Å². The van der Waals surface area contributed by atoms with Crippen molar-refractivity contribution in [2.45, 2.75) is 25.4 Å². The Morgan fingerprint density at radius 3 is 2.88 bits per heavy atom. The zero-order valence-electron chi connectivity index (χ0n) is 14.1. The second-order valence-electron chi connectivity index (χ2n) is 6.18. The molecule has 3 aromatic rings. The first kappa shape index (κ1) is 15.8. The van der Waals surface area contributed by atoms with Gasteiger partial charge in [0.25, 0.3) is 5.56 Å². The smallest absolute Gasteiger partial charge is 0.295 e. The summed E-state index contributed by atoms with van der Waals surface area (Å²) in [7, 11) is 1.62. The molecule has 1 aliphatic heterocycles. The normalized spacial score (nSPS) is 15.6. The van der Waals surface area contributed by atoms with Crippen molar-refractivity contribution in [2.24, 2.45) is 0 Å². The number of fused-ring (bicyclic) bond motifs is 1. The van der Waals surface area contributed by atoms with Crippen LogP contribution in [0.1, 0.15) is 24.4 Å². The van der Waals surface area contributed by atoms with Crippen LogP contribution >= 0.6 is 0 Å². The van der Waals surface area contributed by atoms with Gasteiger partial charge in [-0.25, -0.2) is 4.68 Å². The van der Waals surface area contributed by atoms with Crippen molar-refractivity contribution in [3.63, 3.8) is 0 Å². The van der Waals surface area contributed by atoms with Crippen molar-refractivity contribution in [3.8, 4) is 5.75 Å². The molecule has 0 bridgehead atoms. The van der Waals surface area contributed by atoms with Crippen LogP contribution in [-0.2, 0) is 11.3 Å². The number of nitrogens with zero attached hydrogens (tertiary/aromatic N) is 4. The van der Waals surface area contributed by atoms with E-state index >= 15 is 0 Å². The van der Waals surface area contributed by atoms with Gasteiger partial charge in [0.05, 0.1) is 25.9 Å². The van der Waals surface area contributed by atoms with Gasteiger partial charge >= 0.3 is 0 Å². The minimum Gasteiger partial charge on any atom is -0.496 e. The Bertz CT molecular complexity index is 941. The van der Waals surface area contributed by atoms with Gasteiger partial charge in [0.1, 0.15) is 5.75 Å². The monoisotopic (exact) mass is 340 g/mol. The van der Waals surface area contributed by atoms with Gasteiger partial charge in [-0.15, -0.1) is 0 Å². The summed E-state index contributed by atoms with van der Waals surface area (Å²) in [5.41, 5.74) is 1.17. The molecule has 4 rings (SSSR count). The quantitative estimate of drug-likeness (QED) is 0.726. The van der Waals surface area contributed by atoms with Crippen LogP contribution in [-0.4, -0.2) is 39.9 Å². The third-order valence-electron chi connectivity index (χ3n) is 4.61. The van der Waals surface area contributed by atoms with Crippen LogP contribution < -0.4 is 10.3 Å². The zero-order chi connectivity index (χ0) is 17.2. The second-order valence-corrected chi connectivity index (χ2v) is 6.18. The fourth-order valence-corrected chi connectivity index (χ4v) is 3.22. The summed E-state index contributed by atoms with van der Waals surface area (Å²) in [6.07, 6.45) is 5.44. The molecule has 3 heterocycles. The van der Waals surface area contributed by atoms with Crippen LogP contribution in [0.3, 0.4) is 0 Å². The van der Waals surface area contributed by atoms with Crippen molar-refractivity contribution < 1.29 is 9.47 Å². The Labute approximate surface area is 144 Å². The van der Waals surface area contributed by atoms with Gasteiger partial charge in [-0.3, -0.25) is 9.48 Å². The highest BCUT2D eigenvalue weighted by atomic mass is 16.5. The Morgan fingerprint density at radius 2 is 2.08 bits per heavy atom. The summed E-state index contributed by atoms with van der Waals surface area (Å²) in [5.74, 6) is 0.740. The van der Waals surface area contributed by atoms with E-state index in [2.05, 4.69) is 10.2 Å². The molecule has 1 aliphatic rings. The topological polar surface area (TPSA) is 71.2 Å². The first-order valence-corrected chi connectivity index (χ1v) is 8.41. The number of hydrogen-bond donors (Lipinski definition) is 0. The summed E-state index contributed by atoms with van der Waals surface area (Å²) in [6.45, 7) is 1.82. The Balaban J connectivity index is 1.69. The van der Waals surface area contributed by atoms with Crippen molar-refractivity contribution in [3.05, 3.63) is 52.6 Å². The van der Waals surface area contributed by atoms with E-state index < -0.39 is 0 Å². The van der Waals surface area contributed by atoms with Gasteiger partial charge in [0, 0.05) is 30.4 Å². The van der Waals surface area contributed by atoms with Crippen LogP contribution in [0, 0.1) is 0 Å². The van der Waals surface area contributed by atoms with E-state index in [1.54, 1.807) is 13.3 Å². The lowest BCUT2D eigenvalue weighted by Crippen LogP contribution is -2.24. The lowest BCUT2D eigenvalue weighted by atomic mass is 10.1. The van der Waals surface area contributed by atoms with Crippen LogP contribution in [0.4, 0.5) is 0 Å². The van der Waals surface area contributed by atoms with Crippen molar-refractivity contribution in [1.29, 1.82) is 0 Å². The predicted molar refractivity (Wildman–Crippen MR) is 93.0 cm³/mol. The molecule has 25 heavy (non-hydrogen) atoms. The largest absolute Gasteiger partial charge is 0.496 e. The maximum absolute atomic E-state index is 12.8. The summed E-state index contributed by atoms with van der Waals surface area (Å²) >= 11 is 0. The maximum Gasteiger partial charge on any atom is 0.295 e. The molecular weight excluding hydrogens is 320 g/mol. The summed E-state index contributed by atoms with van der Waals surface area (Å²) in [5, 5.41) is 9.61. The van der Waals surface area contributed by atoms with Crippen LogP contribution in [0.25, 0.3) is 10.9 Å². The molecule has 0 aliphatic carbocycles. The van der Waals surface area contributed by atoms with E-state index in [4.69, 9.17) is 9.47 Å². The molecule has 0 atom stereocenters. The Morgan fingerprint density at radius 1 is 1.28 bits per heavy atom. The van der Waals surface area contributed by atoms with Crippen molar-refractivity contribution in [2.75, 3.05) is 20.3 Å². The fourth-order valence-electron chi connectivity index (χ4n) is 3.22. The maximum atomic E-state index is 12.8. The highest BCUT2D eigenvalue weighted by Crippen LogP contribution is 2.22. The van der Waals surface area contributed by atoms with Crippen molar-refractivity contribution in [1.82, 2.24) is 19.6 Å². The standard InChI is InChI=1S/C18H20N4O3/c1-24-16-5-3-2-4-13(16)11-22-18(23)17-14(10-19-22)12-21(20-17)15-6-8-25-9-7-15/h2-5,10,12,15H,6-9,11H2,1H3. The molecule has 1 fully saturated rings. The lowest BCUT2D eigenvalue weighted by Gasteiger charge is -2.22. The van der Waals surface area contributed by atoms with E-state index in [9.17, 15) is 4.79 Å². The number of rotatable bonds is 4. The molecule has 0 saturated carbocycles. The van der Waals surface area contributed by atoms with Gasteiger partial charge in [-0.2, -0.15) is 10.2 Å². The number of aromatic nitrogens is 4. The van der Waals surface area contributed by atoms with E-state index in [0.29, 0.717) is 12.1 Å². The summed E-state index contributed by atoms with van der Waals surface area (Å²) in [6, 6.07) is 7.90. The SMILES string of the molecule is COc1ccccc1Cn1ncc2cn(C3CCOCC3)nc2c1=O. The fraction of sp³-hybridized carbons (Fsp3) is 0.389. The molecule has 0 unspecified atom stereocenters. The van der Waals surface area contributed by atoms with Crippen molar-refractivity contribution >= 4 is 10.9 Å². The van der Waals surface area contributed by atoms with Gasteiger partial charge in [0.15, 0.2) is 5.52 Å². The van der Waals surface area contributed by atoms with Crippen LogP contribution in [0.2, 0.25) is 0 Å². The second kappa shape index (κ2) is 6.68. The average molecular weight is 340 g/mol. The van der Waals surface area contributed by atoms with Gasteiger partial charge in [-0.05, 0) is 18.9 Å². The third-order valence-corrected chi connectivity index (χ3v) is 4.61. The first-order valence-electron chi connectivity index (χ1n) is 8.41. The lowest BCUT2D eigenvalue weighted by molar-refractivity contribution is 0.0664. The molecule has 0 radical (unpaired) electrons. The van der Waals surface area contributed by atoms with E-state index in [1.165, 1.54) is 4.68 Å². The number of methoxy groups -OCH3 is 1. The molecule has 0 spiro atoms. The number of ether oxygens (including phenoxy) is 2. The average Bonchev–Trinajstić information content (AvgIpc) is 3.10. The van der Waals surface area contributed by atoms with E-state index in [-0.39, 0.29) is 11.6 Å². The summed E-state index contributed by atoms with van der Waals surface area (Å²) < 4.78 is 14.1. The summed E-state index contributed by atoms with van der Waals surface area (Å²) in [4.78, 5) is 12.8. The Kier molecular flexibility index (Phi) is 4.23. The molecule has 0 amide bonds. The zero-order valence-corrected chi connectivity index (χ0v) is 14.1. The molecule has 7 heteroatoms. The molecule has 1 saturated heterocycles. The van der Waals surface area contributed by atoms with Gasteiger partial charge in [0.2, 0.25) is 0 Å². The number of hydrogen-bond acceptors (Lipinski definition) is 5. The Hall–Kier alpha value is -2.67. The minimum absolute atomic E-state index is 0.186. The third kappa shape index (κ3) is 3.02. The molecule has 0 N–H and O–H groups in total. The highest BCUT2D eigenvalue weighted by molar-refractivity contribution is 5.75. The van der Waals surface area contributed by atoms with E-state index in [1.807, 2.05) is 35.1 Å². The molecule has 130 valence electrons. The molecule has 2 aromatic heterocycles. The molecular formula is C18H20N4O3. The number of benzene rings is 1. The van der Waals surface area contributed by atoms with E-state index in [0.717, 1.165) is 42.8 Å². The highest BCUT2D eigenvalue weighted by Gasteiger charge is 2.18. The first-order chi connectivity index (χ1) is 12.3. The number of para-hydroxylation sites is 1. The predicted octanol–water partition coefficient (Wildman–Crippen LogP) is 2.00. The van der Waals surface area contributed by atoms with Gasteiger partial charge in [-0.1, -0.05) is 18.2 Å². The molecule has 1 aromatic carbocycles. The minimum atomic E-state index is -0.186. The molecule has 7 nitrogen and oxygen atoms in total. The van der Waals surface area contributed by atoms with Crippen LogP contribution in [0.5, 0.6) is 5.75 Å².